The van der Waals surface area contributed by atoms with Gasteiger partial charge in [-0.25, -0.2) is 0 Å². The van der Waals surface area contributed by atoms with Gasteiger partial charge in [0.2, 0.25) is 0 Å². The molecule has 11 heteroatoms. The van der Waals surface area contributed by atoms with Crippen LogP contribution in [0.5, 0.6) is 0 Å². The van der Waals surface area contributed by atoms with Crippen LogP contribution < -0.4 is 40.0 Å². The minimum atomic E-state index is -4.53. The van der Waals surface area contributed by atoms with Gasteiger partial charge in [0.05, 0.1) is 5.56 Å². The second-order valence-electron chi connectivity index (χ2n) is 11.1. The molecule has 3 rings (SSSR count). The largest absolute Gasteiger partial charge is 1.00 e. The molecule has 1 fully saturated rings. The predicted molar refractivity (Wildman–Crippen MR) is 144 cm³/mol. The van der Waals surface area contributed by atoms with Gasteiger partial charge in [0, 0.05) is 36.6 Å². The van der Waals surface area contributed by atoms with Crippen molar-refractivity contribution in [3.63, 3.8) is 0 Å². The summed E-state index contributed by atoms with van der Waals surface area (Å²) in [5, 5.41) is 13.1. The zero-order valence-electron chi connectivity index (χ0n) is 24.0. The number of carbonyl (C=O) groups is 3. The average Bonchev–Trinajstić information content (AvgIpc) is 2.91. The van der Waals surface area contributed by atoms with E-state index in [-0.39, 0.29) is 65.1 Å². The first-order valence-electron chi connectivity index (χ1n) is 13.3. The first-order valence-corrected chi connectivity index (χ1v) is 13.3. The molecule has 0 saturated heterocycles. The molecule has 0 heterocycles. The number of benzene rings is 2. The molecule has 0 atom stereocenters. The number of hydrogen-bond donors (Lipinski definition) is 1. The van der Waals surface area contributed by atoms with Gasteiger partial charge in [0.15, 0.2) is 6.29 Å². The number of carboxylic acids is 1. The van der Waals surface area contributed by atoms with E-state index < -0.39 is 23.4 Å². The predicted octanol–water partition coefficient (Wildman–Crippen LogP) is 1.04. The number of likely N-dealkylation sites (N-methyl/N-ethyl adjacent to an activating group) is 1. The number of amides is 1. The van der Waals surface area contributed by atoms with Crippen LogP contribution in [0.2, 0.25) is 0 Å². The van der Waals surface area contributed by atoms with Gasteiger partial charge in [-0.15, -0.1) is 0 Å². The summed E-state index contributed by atoms with van der Waals surface area (Å²) in [7, 11) is 1.91. The molecule has 1 saturated carbocycles. The Labute approximate surface area is 260 Å². The van der Waals surface area contributed by atoms with Crippen molar-refractivity contribution in [3.8, 4) is 0 Å². The monoisotopic (exact) mass is 581 g/mol. The van der Waals surface area contributed by atoms with Crippen molar-refractivity contribution in [1.29, 1.82) is 0 Å². The van der Waals surface area contributed by atoms with Crippen LogP contribution in [0.15, 0.2) is 53.5 Å². The Morgan fingerprint density at radius 2 is 1.68 bits per heavy atom. The Balaban J connectivity index is 0.00000588. The number of nitrogens with one attached hydrogen (secondary N) is 1. The number of carboxylic acid groups (broad SMARTS) is 1. The van der Waals surface area contributed by atoms with E-state index in [4.69, 9.17) is 4.99 Å². The van der Waals surface area contributed by atoms with Crippen molar-refractivity contribution < 1.29 is 62.2 Å². The quantitative estimate of drug-likeness (QED) is 0.243. The fourth-order valence-electron chi connectivity index (χ4n) is 4.85. The maximum absolute atomic E-state index is 13.3. The summed E-state index contributed by atoms with van der Waals surface area (Å²) in [5.41, 5.74) is 0.00293. The SMILES string of the molecule is CN(CCc1ccc(C(=O)NCCC(=O)[O-])cc1)C1(/N=C(\C=O)c2cccc(C(F)(F)F)c2)CCC(C)(C)CC1.[Na+]. The van der Waals surface area contributed by atoms with Crippen molar-refractivity contribution in [2.75, 3.05) is 20.1 Å². The van der Waals surface area contributed by atoms with Crippen molar-refractivity contribution in [2.24, 2.45) is 10.4 Å². The Hall–Kier alpha value is -2.53. The number of rotatable bonds is 11. The molecule has 2 aromatic rings. The Kier molecular flexibility index (Phi) is 12.3. The maximum Gasteiger partial charge on any atom is 1.00 e. The first-order chi connectivity index (χ1) is 18.7. The Morgan fingerprint density at radius 1 is 1.05 bits per heavy atom. The van der Waals surface area contributed by atoms with Crippen LogP contribution in [0.25, 0.3) is 0 Å². The van der Waals surface area contributed by atoms with Crippen LogP contribution in [-0.2, 0) is 22.2 Å². The van der Waals surface area contributed by atoms with E-state index in [1.54, 1.807) is 12.1 Å². The van der Waals surface area contributed by atoms with E-state index in [0.29, 0.717) is 37.7 Å². The van der Waals surface area contributed by atoms with E-state index in [1.165, 1.54) is 12.1 Å². The number of nitrogens with zero attached hydrogens (tertiary/aromatic N) is 2. The number of aldehydes is 1. The van der Waals surface area contributed by atoms with Crippen LogP contribution in [0, 0.1) is 5.41 Å². The molecule has 1 aliphatic carbocycles. The summed E-state index contributed by atoms with van der Waals surface area (Å²) in [6.07, 6.45) is -0.661. The van der Waals surface area contributed by atoms with Crippen LogP contribution in [0.4, 0.5) is 13.2 Å². The van der Waals surface area contributed by atoms with E-state index in [9.17, 15) is 32.7 Å². The van der Waals surface area contributed by atoms with Gasteiger partial charge in [-0.1, -0.05) is 38.1 Å². The fraction of sp³-hybridized carbons (Fsp3) is 0.467. The summed E-state index contributed by atoms with van der Waals surface area (Å²) in [5.74, 6) is -1.61. The molecular formula is C30H35F3N3NaO4. The smallest absolute Gasteiger partial charge is 0.550 e. The molecule has 1 N–H and O–H groups in total. The van der Waals surface area contributed by atoms with Gasteiger partial charge < -0.3 is 15.2 Å². The third kappa shape index (κ3) is 9.77. The minimum absolute atomic E-state index is 0. The molecule has 1 aliphatic rings. The molecule has 2 aromatic carbocycles. The molecule has 1 amide bonds. The molecule has 41 heavy (non-hydrogen) atoms. The van der Waals surface area contributed by atoms with Crippen LogP contribution in [0.1, 0.15) is 73.0 Å². The number of aliphatic carboxylic acids is 1. The Bertz CT molecular complexity index is 1240. The first kappa shape index (κ1) is 34.7. The van der Waals surface area contributed by atoms with E-state index in [2.05, 4.69) is 24.1 Å². The average molecular weight is 582 g/mol. The standard InChI is InChI=1S/C30H36F3N3O4.Na/c1-28(2)13-15-29(16-14-28,35-25(20-37)23-5-4-6-24(19-23)30(31,32)33)36(3)18-12-21-7-9-22(10-8-21)27(40)34-17-11-26(38)39;/h4-10,19-20H,11-18H2,1-3H3,(H,34,40)(H,38,39);/q;+1/p-1/b35-25+;. The van der Waals surface area contributed by atoms with Crippen LogP contribution in [-0.4, -0.2) is 54.6 Å². The van der Waals surface area contributed by atoms with Gasteiger partial charge in [-0.05, 0) is 74.4 Å². The topological polar surface area (TPSA) is 102 Å². The van der Waals surface area contributed by atoms with Crippen LogP contribution in [0.3, 0.4) is 0 Å². The van der Waals surface area contributed by atoms with Gasteiger partial charge in [-0.3, -0.25) is 19.5 Å². The zero-order chi connectivity index (χ0) is 29.6. The Morgan fingerprint density at radius 3 is 2.24 bits per heavy atom. The van der Waals surface area contributed by atoms with Crippen molar-refractivity contribution in [3.05, 3.63) is 70.8 Å². The normalized spacial score (nSPS) is 16.5. The summed E-state index contributed by atoms with van der Waals surface area (Å²) >= 11 is 0. The molecule has 216 valence electrons. The van der Waals surface area contributed by atoms with E-state index in [1.807, 2.05) is 19.2 Å². The third-order valence-corrected chi connectivity index (χ3v) is 7.61. The molecular weight excluding hydrogens is 546 g/mol. The molecule has 0 aromatic heterocycles. The summed E-state index contributed by atoms with van der Waals surface area (Å²) in [6, 6.07) is 11.7. The number of halogens is 3. The van der Waals surface area contributed by atoms with Gasteiger partial charge in [0.25, 0.3) is 5.91 Å². The second-order valence-corrected chi connectivity index (χ2v) is 11.1. The molecule has 0 unspecified atom stereocenters. The number of hydrogen-bond acceptors (Lipinski definition) is 6. The summed E-state index contributed by atoms with van der Waals surface area (Å²) < 4.78 is 39.9. The maximum atomic E-state index is 13.3. The van der Waals surface area contributed by atoms with Crippen molar-refractivity contribution in [2.45, 2.75) is 64.2 Å². The van der Waals surface area contributed by atoms with Gasteiger partial charge >= 0.3 is 35.7 Å². The number of alkyl halides is 3. The van der Waals surface area contributed by atoms with Gasteiger partial charge in [0.1, 0.15) is 11.4 Å². The second kappa shape index (κ2) is 14.6. The summed E-state index contributed by atoms with van der Waals surface area (Å²) in [6.45, 7) is 4.89. The molecule has 0 spiro atoms. The molecule has 0 bridgehead atoms. The van der Waals surface area contributed by atoms with E-state index in [0.717, 1.165) is 30.5 Å². The zero-order valence-corrected chi connectivity index (χ0v) is 26.0. The van der Waals surface area contributed by atoms with Crippen molar-refractivity contribution >= 4 is 23.9 Å². The number of carbonyl (C=O) groups excluding carboxylic acids is 3. The van der Waals surface area contributed by atoms with E-state index >= 15 is 0 Å². The third-order valence-electron chi connectivity index (χ3n) is 7.61. The number of aliphatic imine (C=N–C) groups is 1. The molecule has 0 aliphatic heterocycles. The van der Waals surface area contributed by atoms with Crippen molar-refractivity contribution in [1.82, 2.24) is 10.2 Å². The summed E-state index contributed by atoms with van der Waals surface area (Å²) in [4.78, 5) is 41.7. The molecule has 0 radical (unpaired) electrons. The fourth-order valence-corrected chi connectivity index (χ4v) is 4.85. The van der Waals surface area contributed by atoms with Gasteiger partial charge in [-0.2, -0.15) is 13.2 Å². The van der Waals surface area contributed by atoms with Crippen LogP contribution >= 0.6 is 0 Å². The molecule has 7 nitrogen and oxygen atoms in total. The minimum Gasteiger partial charge on any atom is -0.550 e.